The molecule has 0 radical (unpaired) electrons. The average Bonchev–Trinajstić information content (AvgIpc) is 3.31. The number of nitrogens with zero attached hydrogens (tertiary/aromatic N) is 4. The van der Waals surface area contributed by atoms with Gasteiger partial charge in [0.2, 0.25) is 0 Å². The van der Waals surface area contributed by atoms with Gasteiger partial charge in [-0.05, 0) is 31.9 Å². The summed E-state index contributed by atoms with van der Waals surface area (Å²) in [6.07, 6.45) is 3.54. The van der Waals surface area contributed by atoms with Crippen molar-refractivity contribution in [2.24, 2.45) is 0 Å². The van der Waals surface area contributed by atoms with Crippen molar-refractivity contribution in [2.45, 2.75) is 25.8 Å². The number of amides is 1. The number of aromatic nitrogens is 2. The summed E-state index contributed by atoms with van der Waals surface area (Å²) >= 11 is 0. The van der Waals surface area contributed by atoms with E-state index in [2.05, 4.69) is 15.0 Å². The largest absolute Gasteiger partial charge is 0.378 e. The quantitative estimate of drug-likeness (QED) is 0.851. The number of likely N-dealkylation sites (tertiary alicyclic amines) is 1. The molecule has 0 aromatic carbocycles. The highest BCUT2D eigenvalue weighted by Crippen LogP contribution is 2.33. The van der Waals surface area contributed by atoms with Crippen molar-refractivity contribution in [1.29, 1.82) is 0 Å². The van der Waals surface area contributed by atoms with Crippen LogP contribution in [0.25, 0.3) is 0 Å². The number of ether oxygens (including phenoxy) is 1. The fourth-order valence-corrected chi connectivity index (χ4v) is 3.50. The molecule has 2 saturated heterocycles. The molecule has 2 aromatic rings. The Labute approximate surface area is 146 Å². The van der Waals surface area contributed by atoms with E-state index in [4.69, 9.17) is 9.26 Å². The second-order valence-electron chi connectivity index (χ2n) is 6.53. The predicted octanol–water partition coefficient (Wildman–Crippen LogP) is 2.19. The van der Waals surface area contributed by atoms with E-state index in [1.165, 1.54) is 0 Å². The van der Waals surface area contributed by atoms with E-state index in [0.29, 0.717) is 18.8 Å². The van der Waals surface area contributed by atoms with E-state index in [-0.39, 0.29) is 11.9 Å². The maximum absolute atomic E-state index is 12.9. The minimum atomic E-state index is -0.0346. The van der Waals surface area contributed by atoms with E-state index >= 15 is 0 Å². The van der Waals surface area contributed by atoms with Gasteiger partial charge in [-0.15, -0.1) is 0 Å². The Morgan fingerprint density at radius 1 is 1.24 bits per heavy atom. The molecule has 1 amide bonds. The van der Waals surface area contributed by atoms with Gasteiger partial charge in [-0.25, -0.2) is 4.98 Å². The van der Waals surface area contributed by atoms with Gasteiger partial charge >= 0.3 is 0 Å². The van der Waals surface area contributed by atoms with Crippen LogP contribution in [0.15, 0.2) is 28.9 Å². The van der Waals surface area contributed by atoms with Crippen molar-refractivity contribution in [2.75, 3.05) is 37.7 Å². The van der Waals surface area contributed by atoms with Gasteiger partial charge in [0.1, 0.15) is 5.82 Å². The molecule has 0 saturated carbocycles. The molecule has 0 unspecified atom stereocenters. The van der Waals surface area contributed by atoms with Crippen LogP contribution in [0.2, 0.25) is 0 Å². The molecule has 0 N–H and O–H groups in total. The van der Waals surface area contributed by atoms with Crippen LogP contribution >= 0.6 is 0 Å². The van der Waals surface area contributed by atoms with Crippen LogP contribution in [0.5, 0.6) is 0 Å². The van der Waals surface area contributed by atoms with Gasteiger partial charge in [0.05, 0.1) is 30.5 Å². The van der Waals surface area contributed by atoms with Crippen LogP contribution in [-0.4, -0.2) is 53.8 Å². The first kappa shape index (κ1) is 16.1. The molecule has 0 aliphatic carbocycles. The number of pyridine rings is 1. The lowest BCUT2D eigenvalue weighted by Gasteiger charge is -2.28. The number of anilines is 1. The van der Waals surface area contributed by atoms with E-state index in [1.54, 1.807) is 6.20 Å². The maximum Gasteiger partial charge on any atom is 0.256 e. The first-order valence-electron chi connectivity index (χ1n) is 8.75. The molecule has 1 atom stereocenters. The van der Waals surface area contributed by atoms with Crippen LogP contribution < -0.4 is 4.90 Å². The van der Waals surface area contributed by atoms with Crippen LogP contribution in [0, 0.1) is 6.92 Å². The first-order valence-corrected chi connectivity index (χ1v) is 8.75. The summed E-state index contributed by atoms with van der Waals surface area (Å²) in [5.74, 6) is 1.66. The topological polar surface area (TPSA) is 71.7 Å². The van der Waals surface area contributed by atoms with Gasteiger partial charge in [0.25, 0.3) is 5.91 Å². The molecular weight excluding hydrogens is 320 g/mol. The number of rotatable bonds is 3. The minimum absolute atomic E-state index is 0.00224. The minimum Gasteiger partial charge on any atom is -0.378 e. The highest BCUT2D eigenvalue weighted by atomic mass is 16.5. The molecule has 2 fully saturated rings. The molecule has 2 aliphatic rings. The second-order valence-corrected chi connectivity index (χ2v) is 6.53. The molecule has 7 heteroatoms. The van der Waals surface area contributed by atoms with E-state index in [0.717, 1.165) is 49.7 Å². The monoisotopic (exact) mass is 342 g/mol. The number of carbonyl (C=O) groups is 1. The zero-order valence-corrected chi connectivity index (χ0v) is 14.4. The highest BCUT2D eigenvalue weighted by Gasteiger charge is 2.33. The Hall–Kier alpha value is -2.41. The van der Waals surface area contributed by atoms with Gasteiger partial charge in [0.15, 0.2) is 5.76 Å². The summed E-state index contributed by atoms with van der Waals surface area (Å²) in [4.78, 5) is 21.4. The van der Waals surface area contributed by atoms with Crippen molar-refractivity contribution in [3.63, 3.8) is 0 Å². The van der Waals surface area contributed by atoms with Gasteiger partial charge < -0.3 is 19.1 Å². The Morgan fingerprint density at radius 2 is 2.08 bits per heavy atom. The van der Waals surface area contributed by atoms with Gasteiger partial charge in [-0.3, -0.25) is 4.79 Å². The molecule has 132 valence electrons. The zero-order valence-electron chi connectivity index (χ0n) is 14.4. The van der Waals surface area contributed by atoms with Crippen LogP contribution in [0.1, 0.15) is 40.7 Å². The standard InChI is InChI=1S/C18H22N4O3/c1-13-11-16(25-20-13)15-3-2-6-22(15)18(23)14-4-5-17(19-12-14)21-7-9-24-10-8-21/h4-5,11-12,15H,2-3,6-10H2,1H3/t15-/m0/s1. The fourth-order valence-electron chi connectivity index (χ4n) is 3.50. The van der Waals surface area contributed by atoms with Crippen LogP contribution in [0.4, 0.5) is 5.82 Å². The van der Waals surface area contributed by atoms with Crippen LogP contribution in [-0.2, 0) is 4.74 Å². The Bertz CT molecular complexity index is 737. The molecule has 2 aromatic heterocycles. The normalized spacial score (nSPS) is 20.9. The molecular formula is C18H22N4O3. The number of aryl methyl sites for hydroxylation is 1. The third-order valence-corrected chi connectivity index (χ3v) is 4.82. The summed E-state index contributed by atoms with van der Waals surface area (Å²) in [6, 6.07) is 5.66. The molecule has 4 heterocycles. The lowest BCUT2D eigenvalue weighted by molar-refractivity contribution is 0.0714. The van der Waals surface area contributed by atoms with Gasteiger partial charge in [-0.2, -0.15) is 0 Å². The smallest absolute Gasteiger partial charge is 0.256 e. The number of hydrogen-bond donors (Lipinski definition) is 0. The third kappa shape index (κ3) is 3.24. The number of hydrogen-bond acceptors (Lipinski definition) is 6. The van der Waals surface area contributed by atoms with Crippen molar-refractivity contribution in [1.82, 2.24) is 15.0 Å². The van der Waals surface area contributed by atoms with Crippen molar-refractivity contribution in [3.05, 3.63) is 41.4 Å². The highest BCUT2D eigenvalue weighted by molar-refractivity contribution is 5.94. The lowest BCUT2D eigenvalue weighted by atomic mass is 10.1. The van der Waals surface area contributed by atoms with Crippen molar-refractivity contribution in [3.8, 4) is 0 Å². The summed E-state index contributed by atoms with van der Waals surface area (Å²) in [5.41, 5.74) is 1.45. The molecule has 0 bridgehead atoms. The molecule has 7 nitrogen and oxygen atoms in total. The third-order valence-electron chi connectivity index (χ3n) is 4.82. The summed E-state index contributed by atoms with van der Waals surface area (Å²) in [6.45, 7) is 5.72. The Kier molecular flexibility index (Phi) is 4.40. The van der Waals surface area contributed by atoms with E-state index in [1.807, 2.05) is 30.0 Å². The Balaban J connectivity index is 1.50. The zero-order chi connectivity index (χ0) is 17.2. The number of carbonyl (C=O) groups excluding carboxylic acids is 1. The average molecular weight is 342 g/mol. The molecule has 4 rings (SSSR count). The van der Waals surface area contributed by atoms with Gasteiger partial charge in [-0.1, -0.05) is 5.16 Å². The van der Waals surface area contributed by atoms with Crippen molar-refractivity contribution >= 4 is 11.7 Å². The first-order chi connectivity index (χ1) is 12.2. The summed E-state index contributed by atoms with van der Waals surface area (Å²) in [7, 11) is 0. The lowest BCUT2D eigenvalue weighted by Crippen LogP contribution is -2.36. The molecule has 25 heavy (non-hydrogen) atoms. The van der Waals surface area contributed by atoms with Gasteiger partial charge in [0, 0.05) is 31.9 Å². The Morgan fingerprint density at radius 3 is 2.76 bits per heavy atom. The van der Waals surface area contributed by atoms with E-state index < -0.39 is 0 Å². The summed E-state index contributed by atoms with van der Waals surface area (Å²) in [5, 5.41) is 3.95. The predicted molar refractivity (Wildman–Crippen MR) is 91.5 cm³/mol. The van der Waals surface area contributed by atoms with Crippen LogP contribution in [0.3, 0.4) is 0 Å². The SMILES string of the molecule is Cc1cc([C@@H]2CCCN2C(=O)c2ccc(N3CCOCC3)nc2)on1. The second kappa shape index (κ2) is 6.84. The molecule has 2 aliphatic heterocycles. The van der Waals surface area contributed by atoms with E-state index in [9.17, 15) is 4.79 Å². The maximum atomic E-state index is 12.9. The van der Waals surface area contributed by atoms with Crippen molar-refractivity contribution < 1.29 is 14.1 Å². The fraction of sp³-hybridized carbons (Fsp3) is 0.500. The molecule has 0 spiro atoms. The number of morpholine rings is 1. The summed E-state index contributed by atoms with van der Waals surface area (Å²) < 4.78 is 10.7.